The highest BCUT2D eigenvalue weighted by Gasteiger charge is 2.15. The molecule has 0 atom stereocenters. The fourth-order valence-corrected chi connectivity index (χ4v) is 1.48. The van der Waals surface area contributed by atoms with E-state index in [1.807, 2.05) is 6.92 Å². The first-order chi connectivity index (χ1) is 8.04. The quantitative estimate of drug-likeness (QED) is 0.609. The molecule has 5 nitrogen and oxygen atoms in total. The van der Waals surface area contributed by atoms with Gasteiger partial charge in [0.1, 0.15) is 0 Å². The first-order valence-corrected chi connectivity index (χ1v) is 6.04. The highest BCUT2D eigenvalue weighted by molar-refractivity contribution is 5.92. The van der Waals surface area contributed by atoms with Crippen molar-refractivity contribution in [2.75, 3.05) is 12.3 Å². The largest absolute Gasteiger partial charge is 0.461 e. The second-order valence-electron chi connectivity index (χ2n) is 4.46. The maximum absolute atomic E-state index is 11.7. The first kappa shape index (κ1) is 13.5. The van der Waals surface area contributed by atoms with Crippen LogP contribution in [0.3, 0.4) is 0 Å². The number of aromatic nitrogens is 2. The molecule has 0 saturated carbocycles. The van der Waals surface area contributed by atoms with E-state index in [-0.39, 0.29) is 5.69 Å². The van der Waals surface area contributed by atoms with Gasteiger partial charge in [-0.15, -0.1) is 0 Å². The van der Waals surface area contributed by atoms with Crippen LogP contribution in [-0.2, 0) is 11.3 Å². The normalized spacial score (nSPS) is 10.8. The fraction of sp³-hybridized carbons (Fsp3) is 0.667. The number of nitrogens with two attached hydrogens (primary N) is 1. The number of anilines is 1. The SMILES string of the molecule is CCn1cc(N)c(C(=O)OCCCC(C)C)n1. The number of rotatable bonds is 6. The van der Waals surface area contributed by atoms with E-state index >= 15 is 0 Å². The molecule has 0 aromatic carbocycles. The van der Waals surface area contributed by atoms with E-state index in [2.05, 4.69) is 18.9 Å². The van der Waals surface area contributed by atoms with Gasteiger partial charge in [-0.05, 0) is 25.7 Å². The zero-order valence-corrected chi connectivity index (χ0v) is 10.8. The molecule has 5 heteroatoms. The minimum absolute atomic E-state index is 0.219. The molecule has 0 aliphatic heterocycles. The molecule has 0 aliphatic rings. The lowest BCUT2D eigenvalue weighted by Gasteiger charge is -2.05. The van der Waals surface area contributed by atoms with E-state index in [1.165, 1.54) is 0 Å². The molecule has 0 radical (unpaired) electrons. The summed E-state index contributed by atoms with van der Waals surface area (Å²) in [7, 11) is 0. The molecule has 1 rings (SSSR count). The van der Waals surface area contributed by atoms with Crippen LogP contribution in [0.1, 0.15) is 44.1 Å². The summed E-state index contributed by atoms with van der Waals surface area (Å²) < 4.78 is 6.75. The van der Waals surface area contributed by atoms with Crippen LogP contribution in [0.25, 0.3) is 0 Å². The van der Waals surface area contributed by atoms with Crippen LogP contribution in [-0.4, -0.2) is 22.4 Å². The van der Waals surface area contributed by atoms with Crippen LogP contribution in [0, 0.1) is 5.92 Å². The molecule has 96 valence electrons. The Morgan fingerprint density at radius 2 is 2.29 bits per heavy atom. The predicted octanol–water partition coefficient (Wildman–Crippen LogP) is 2.08. The van der Waals surface area contributed by atoms with Gasteiger partial charge in [-0.25, -0.2) is 4.79 Å². The monoisotopic (exact) mass is 239 g/mol. The van der Waals surface area contributed by atoms with Crippen molar-refractivity contribution >= 4 is 11.7 Å². The van der Waals surface area contributed by atoms with Crippen molar-refractivity contribution in [2.24, 2.45) is 5.92 Å². The Hall–Kier alpha value is -1.52. The van der Waals surface area contributed by atoms with Gasteiger partial charge in [-0.1, -0.05) is 13.8 Å². The van der Waals surface area contributed by atoms with E-state index in [1.54, 1.807) is 10.9 Å². The molecule has 0 spiro atoms. The first-order valence-electron chi connectivity index (χ1n) is 6.04. The maximum Gasteiger partial charge on any atom is 0.361 e. The van der Waals surface area contributed by atoms with Crippen LogP contribution < -0.4 is 5.73 Å². The lowest BCUT2D eigenvalue weighted by atomic mass is 10.1. The molecular weight excluding hydrogens is 218 g/mol. The smallest absolute Gasteiger partial charge is 0.361 e. The molecule has 17 heavy (non-hydrogen) atoms. The van der Waals surface area contributed by atoms with Gasteiger partial charge in [-0.2, -0.15) is 5.10 Å². The molecule has 0 unspecified atom stereocenters. The highest BCUT2D eigenvalue weighted by Crippen LogP contribution is 2.11. The Balaban J connectivity index is 2.44. The second-order valence-corrected chi connectivity index (χ2v) is 4.46. The van der Waals surface area contributed by atoms with Crippen molar-refractivity contribution in [2.45, 2.75) is 40.2 Å². The molecule has 0 bridgehead atoms. The minimum Gasteiger partial charge on any atom is -0.461 e. The van der Waals surface area contributed by atoms with E-state index in [9.17, 15) is 4.79 Å². The minimum atomic E-state index is -0.432. The van der Waals surface area contributed by atoms with E-state index in [0.29, 0.717) is 24.8 Å². The summed E-state index contributed by atoms with van der Waals surface area (Å²) in [6, 6.07) is 0. The van der Waals surface area contributed by atoms with Crippen molar-refractivity contribution in [1.82, 2.24) is 9.78 Å². The zero-order chi connectivity index (χ0) is 12.8. The molecule has 1 heterocycles. The van der Waals surface area contributed by atoms with Gasteiger partial charge in [0, 0.05) is 12.7 Å². The number of esters is 1. The van der Waals surface area contributed by atoms with Crippen LogP contribution >= 0.6 is 0 Å². The Morgan fingerprint density at radius 3 is 2.82 bits per heavy atom. The number of carbonyl (C=O) groups excluding carboxylic acids is 1. The lowest BCUT2D eigenvalue weighted by Crippen LogP contribution is -2.10. The Bertz CT molecular complexity index is 372. The molecule has 2 N–H and O–H groups in total. The Morgan fingerprint density at radius 1 is 1.59 bits per heavy atom. The van der Waals surface area contributed by atoms with Crippen LogP contribution in [0.4, 0.5) is 5.69 Å². The van der Waals surface area contributed by atoms with Crippen LogP contribution in [0.5, 0.6) is 0 Å². The maximum atomic E-state index is 11.7. The van der Waals surface area contributed by atoms with Gasteiger partial charge >= 0.3 is 5.97 Å². The van der Waals surface area contributed by atoms with Gasteiger partial charge in [0.15, 0.2) is 5.69 Å². The summed E-state index contributed by atoms with van der Waals surface area (Å²) >= 11 is 0. The van der Waals surface area contributed by atoms with Gasteiger partial charge in [0.05, 0.1) is 12.3 Å². The summed E-state index contributed by atoms with van der Waals surface area (Å²) in [6.45, 7) is 7.33. The van der Waals surface area contributed by atoms with Crippen LogP contribution in [0.2, 0.25) is 0 Å². The molecule has 1 aromatic heterocycles. The van der Waals surface area contributed by atoms with Gasteiger partial charge in [0.2, 0.25) is 0 Å². The molecule has 0 amide bonds. The average Bonchev–Trinajstić information content (AvgIpc) is 2.65. The molecule has 0 saturated heterocycles. The second kappa shape index (κ2) is 6.27. The number of nitrogens with zero attached hydrogens (tertiary/aromatic N) is 2. The third-order valence-corrected chi connectivity index (χ3v) is 2.47. The fourth-order valence-electron chi connectivity index (χ4n) is 1.48. The molecule has 0 aliphatic carbocycles. The number of hydrogen-bond acceptors (Lipinski definition) is 4. The predicted molar refractivity (Wildman–Crippen MR) is 66.7 cm³/mol. The number of carbonyl (C=O) groups is 1. The van der Waals surface area contributed by atoms with Crippen molar-refractivity contribution in [1.29, 1.82) is 0 Å². The zero-order valence-electron chi connectivity index (χ0n) is 10.8. The van der Waals surface area contributed by atoms with Crippen molar-refractivity contribution < 1.29 is 9.53 Å². The van der Waals surface area contributed by atoms with Gasteiger partial charge in [0.25, 0.3) is 0 Å². The summed E-state index contributed by atoms with van der Waals surface area (Å²) in [5.74, 6) is 0.191. The molecule has 1 aromatic rings. The van der Waals surface area contributed by atoms with Crippen LogP contribution in [0.15, 0.2) is 6.20 Å². The number of hydrogen-bond donors (Lipinski definition) is 1. The van der Waals surface area contributed by atoms with Crippen molar-refractivity contribution in [3.63, 3.8) is 0 Å². The molecule has 0 fully saturated rings. The van der Waals surface area contributed by atoms with E-state index < -0.39 is 5.97 Å². The summed E-state index contributed by atoms with van der Waals surface area (Å²) in [4.78, 5) is 11.7. The standard InChI is InChI=1S/C12H21N3O2/c1-4-15-8-10(13)11(14-15)12(16)17-7-5-6-9(2)3/h8-9H,4-7,13H2,1-3H3. The third-order valence-electron chi connectivity index (χ3n) is 2.47. The van der Waals surface area contributed by atoms with Crippen molar-refractivity contribution in [3.8, 4) is 0 Å². The Kier molecular flexibility index (Phi) is 5.00. The lowest BCUT2D eigenvalue weighted by molar-refractivity contribution is 0.0488. The number of aryl methyl sites for hydroxylation is 1. The Labute approximate surface area is 102 Å². The van der Waals surface area contributed by atoms with Crippen molar-refractivity contribution in [3.05, 3.63) is 11.9 Å². The number of nitrogen functional groups attached to an aromatic ring is 1. The third kappa shape index (κ3) is 4.09. The van der Waals surface area contributed by atoms with E-state index in [4.69, 9.17) is 10.5 Å². The van der Waals surface area contributed by atoms with Gasteiger partial charge < -0.3 is 10.5 Å². The summed E-state index contributed by atoms with van der Waals surface area (Å²) in [5, 5.41) is 4.06. The molecular formula is C12H21N3O2. The topological polar surface area (TPSA) is 70.1 Å². The van der Waals surface area contributed by atoms with Gasteiger partial charge in [-0.3, -0.25) is 4.68 Å². The average molecular weight is 239 g/mol. The highest BCUT2D eigenvalue weighted by atomic mass is 16.5. The number of ether oxygens (including phenoxy) is 1. The summed E-state index contributed by atoms with van der Waals surface area (Å²) in [5.41, 5.74) is 6.28. The summed E-state index contributed by atoms with van der Waals surface area (Å²) in [6.07, 6.45) is 3.56. The van der Waals surface area contributed by atoms with E-state index in [0.717, 1.165) is 12.8 Å².